The highest BCUT2D eigenvalue weighted by Crippen LogP contribution is 2.32. The molecular formula is C14H20N6O4. The van der Waals surface area contributed by atoms with E-state index in [0.717, 1.165) is 6.42 Å². The summed E-state index contributed by atoms with van der Waals surface area (Å²) in [5, 5.41) is 23.2. The van der Waals surface area contributed by atoms with Gasteiger partial charge in [0.2, 0.25) is 0 Å². The number of carbonyl (C=O) groups excluding carboxylic acids is 1. The number of aliphatic hydroxyl groups excluding tert-OH is 2. The molecule has 1 aliphatic heterocycles. The monoisotopic (exact) mass is 336 g/mol. The fourth-order valence-electron chi connectivity index (χ4n) is 2.59. The number of hydrogen-bond acceptors (Lipinski definition) is 8. The lowest BCUT2D eigenvalue weighted by Crippen LogP contribution is -2.45. The summed E-state index contributed by atoms with van der Waals surface area (Å²) in [5.41, 5.74) is 6.44. The smallest absolute Gasteiger partial charge is 0.252 e. The van der Waals surface area contributed by atoms with Crippen LogP contribution in [-0.4, -0.2) is 60.0 Å². The molecule has 24 heavy (non-hydrogen) atoms. The van der Waals surface area contributed by atoms with Gasteiger partial charge in [-0.2, -0.15) is 0 Å². The van der Waals surface area contributed by atoms with Crippen LogP contribution in [0.25, 0.3) is 11.2 Å². The first kappa shape index (κ1) is 16.6. The number of nitrogens with one attached hydrogen (secondary N) is 1. The zero-order valence-corrected chi connectivity index (χ0v) is 13.3. The lowest BCUT2D eigenvalue weighted by molar-refractivity contribution is -0.138. The van der Waals surface area contributed by atoms with Crippen LogP contribution < -0.4 is 11.1 Å². The van der Waals surface area contributed by atoms with E-state index in [0.29, 0.717) is 11.2 Å². The van der Waals surface area contributed by atoms with Gasteiger partial charge in [0.1, 0.15) is 24.1 Å². The van der Waals surface area contributed by atoms with Gasteiger partial charge in [-0.3, -0.25) is 9.36 Å². The fourth-order valence-corrected chi connectivity index (χ4v) is 2.59. The minimum absolute atomic E-state index is 0.0638. The number of hydrogen-bond donors (Lipinski definition) is 4. The van der Waals surface area contributed by atoms with Gasteiger partial charge in [0.15, 0.2) is 23.8 Å². The zero-order chi connectivity index (χ0) is 17.4. The highest BCUT2D eigenvalue weighted by molar-refractivity contribution is 5.83. The largest absolute Gasteiger partial charge is 0.387 e. The standard InChI is InChI=1S/C14H20N6O4/c1-3-6(2)19-13(23)10-8(21)9(22)14(24-10)20-5-18-7-11(15)16-4-17-12(7)20/h4-6,8-10,14,21-22H,3H2,1-2H3,(H,19,23)(H2,15,16,17)/t6?,8-,9+,10-,14+/m0/s1. The van der Waals surface area contributed by atoms with Gasteiger partial charge in [0.05, 0.1) is 6.33 Å². The van der Waals surface area contributed by atoms with Crippen LogP contribution in [0.5, 0.6) is 0 Å². The number of ether oxygens (including phenoxy) is 1. The van der Waals surface area contributed by atoms with Crippen LogP contribution in [0.2, 0.25) is 0 Å². The number of nitrogens with two attached hydrogens (primary N) is 1. The number of fused-ring (bicyclic) bond motifs is 1. The molecule has 5 atom stereocenters. The summed E-state index contributed by atoms with van der Waals surface area (Å²) >= 11 is 0. The summed E-state index contributed by atoms with van der Waals surface area (Å²) in [6, 6.07) is -0.0638. The second-order valence-electron chi connectivity index (χ2n) is 5.83. The van der Waals surface area contributed by atoms with Crippen LogP contribution in [0.3, 0.4) is 0 Å². The average molecular weight is 336 g/mol. The van der Waals surface area contributed by atoms with Gasteiger partial charge in [-0.15, -0.1) is 0 Å². The van der Waals surface area contributed by atoms with Gasteiger partial charge in [-0.05, 0) is 13.3 Å². The van der Waals surface area contributed by atoms with Crippen molar-refractivity contribution >= 4 is 22.9 Å². The fraction of sp³-hybridized carbons (Fsp3) is 0.571. The molecule has 1 aliphatic rings. The molecule has 130 valence electrons. The first-order valence-electron chi connectivity index (χ1n) is 7.69. The second-order valence-corrected chi connectivity index (χ2v) is 5.83. The minimum atomic E-state index is -1.37. The Labute approximate surface area is 137 Å². The van der Waals surface area contributed by atoms with E-state index in [1.54, 1.807) is 0 Å². The van der Waals surface area contributed by atoms with Crippen molar-refractivity contribution in [1.29, 1.82) is 0 Å². The van der Waals surface area contributed by atoms with E-state index in [4.69, 9.17) is 10.5 Å². The molecule has 3 rings (SSSR count). The van der Waals surface area contributed by atoms with E-state index in [1.165, 1.54) is 17.2 Å². The predicted molar refractivity (Wildman–Crippen MR) is 83.6 cm³/mol. The maximum atomic E-state index is 12.2. The highest BCUT2D eigenvalue weighted by atomic mass is 16.6. The molecule has 1 unspecified atom stereocenters. The van der Waals surface area contributed by atoms with Crippen LogP contribution >= 0.6 is 0 Å². The number of nitrogen functional groups attached to an aromatic ring is 1. The molecular weight excluding hydrogens is 316 g/mol. The minimum Gasteiger partial charge on any atom is -0.387 e. The molecule has 1 fully saturated rings. The van der Waals surface area contributed by atoms with Gasteiger partial charge >= 0.3 is 0 Å². The topological polar surface area (TPSA) is 148 Å². The van der Waals surface area contributed by atoms with Gasteiger partial charge in [0.25, 0.3) is 5.91 Å². The average Bonchev–Trinajstić information content (AvgIpc) is 3.11. The van der Waals surface area contributed by atoms with Crippen LogP contribution in [-0.2, 0) is 9.53 Å². The van der Waals surface area contributed by atoms with Crippen LogP contribution in [0.4, 0.5) is 5.82 Å². The number of aliphatic hydroxyl groups is 2. The number of anilines is 1. The number of rotatable bonds is 4. The maximum absolute atomic E-state index is 12.2. The number of amides is 1. The Morgan fingerprint density at radius 1 is 1.42 bits per heavy atom. The maximum Gasteiger partial charge on any atom is 0.252 e. The molecule has 1 saturated heterocycles. The van der Waals surface area contributed by atoms with E-state index < -0.39 is 30.4 Å². The van der Waals surface area contributed by atoms with Crippen molar-refractivity contribution in [3.05, 3.63) is 12.7 Å². The molecule has 2 aromatic heterocycles. The van der Waals surface area contributed by atoms with E-state index in [-0.39, 0.29) is 11.9 Å². The molecule has 10 nitrogen and oxygen atoms in total. The molecule has 0 spiro atoms. The molecule has 2 aromatic rings. The van der Waals surface area contributed by atoms with Crippen molar-refractivity contribution in [1.82, 2.24) is 24.8 Å². The first-order valence-corrected chi connectivity index (χ1v) is 7.69. The Morgan fingerprint density at radius 3 is 2.88 bits per heavy atom. The van der Waals surface area contributed by atoms with E-state index in [9.17, 15) is 15.0 Å². The Bertz CT molecular complexity index is 750. The quantitative estimate of drug-likeness (QED) is 0.552. The van der Waals surface area contributed by atoms with Crippen molar-refractivity contribution in [2.75, 3.05) is 5.73 Å². The predicted octanol–water partition coefficient (Wildman–Crippen LogP) is -1.06. The normalized spacial score (nSPS) is 28.2. The molecule has 3 heterocycles. The molecule has 10 heteroatoms. The summed E-state index contributed by atoms with van der Waals surface area (Å²) in [6.07, 6.45) is -1.49. The molecule has 0 bridgehead atoms. The van der Waals surface area contributed by atoms with Crippen molar-refractivity contribution in [2.45, 2.75) is 50.8 Å². The van der Waals surface area contributed by atoms with Gasteiger partial charge in [-0.25, -0.2) is 15.0 Å². The molecule has 5 N–H and O–H groups in total. The van der Waals surface area contributed by atoms with Gasteiger partial charge < -0.3 is 26.0 Å². The molecule has 1 amide bonds. The van der Waals surface area contributed by atoms with Crippen molar-refractivity contribution < 1.29 is 19.7 Å². The summed E-state index contributed by atoms with van der Waals surface area (Å²) in [5.74, 6) is -0.283. The van der Waals surface area contributed by atoms with Crippen molar-refractivity contribution in [3.8, 4) is 0 Å². The number of carbonyl (C=O) groups is 1. The summed E-state index contributed by atoms with van der Waals surface area (Å²) in [6.45, 7) is 3.77. The highest BCUT2D eigenvalue weighted by Gasteiger charge is 2.47. The van der Waals surface area contributed by atoms with Crippen molar-refractivity contribution in [2.24, 2.45) is 0 Å². The van der Waals surface area contributed by atoms with E-state index >= 15 is 0 Å². The van der Waals surface area contributed by atoms with E-state index in [1.807, 2.05) is 13.8 Å². The Balaban J connectivity index is 1.87. The Hall–Kier alpha value is -2.30. The van der Waals surface area contributed by atoms with Gasteiger partial charge in [0, 0.05) is 6.04 Å². The molecule has 0 radical (unpaired) electrons. The summed E-state index contributed by atoms with van der Waals surface area (Å²) in [7, 11) is 0. The molecule has 0 aromatic carbocycles. The van der Waals surface area contributed by atoms with Crippen LogP contribution in [0.1, 0.15) is 26.5 Å². The summed E-state index contributed by atoms with van der Waals surface area (Å²) < 4.78 is 7.02. The second kappa shape index (κ2) is 6.30. The Kier molecular flexibility index (Phi) is 4.35. The third-order valence-electron chi connectivity index (χ3n) is 4.16. The van der Waals surface area contributed by atoms with Gasteiger partial charge in [-0.1, -0.05) is 6.92 Å². The lowest BCUT2D eigenvalue weighted by Gasteiger charge is -2.18. The molecule has 0 aliphatic carbocycles. The zero-order valence-electron chi connectivity index (χ0n) is 13.3. The SMILES string of the molecule is CCC(C)NC(=O)[C@H]1O[C@@H](n2cnc3c(N)ncnc32)[C@H](O)[C@@H]1O. The first-order chi connectivity index (χ1) is 11.4. The third-order valence-corrected chi connectivity index (χ3v) is 4.16. The van der Waals surface area contributed by atoms with Crippen molar-refractivity contribution in [3.63, 3.8) is 0 Å². The Morgan fingerprint density at radius 2 is 2.17 bits per heavy atom. The molecule has 0 saturated carbocycles. The number of nitrogens with zero attached hydrogens (tertiary/aromatic N) is 4. The number of aromatic nitrogens is 4. The summed E-state index contributed by atoms with van der Waals surface area (Å²) in [4.78, 5) is 24.2. The van der Waals surface area contributed by atoms with E-state index in [2.05, 4.69) is 20.3 Å². The lowest BCUT2D eigenvalue weighted by atomic mass is 10.1. The number of imidazole rings is 1. The third kappa shape index (κ3) is 2.68. The van der Waals surface area contributed by atoms with Crippen LogP contribution in [0.15, 0.2) is 12.7 Å². The van der Waals surface area contributed by atoms with Crippen LogP contribution in [0, 0.1) is 0 Å².